The first-order valence-electron chi connectivity index (χ1n) is 7.03. The lowest BCUT2D eigenvalue weighted by atomic mass is 10.2. The highest BCUT2D eigenvalue weighted by Gasteiger charge is 2.18. The number of hydrogen-bond donors (Lipinski definition) is 1. The van der Waals surface area contributed by atoms with E-state index in [1.54, 1.807) is 0 Å². The van der Waals surface area contributed by atoms with Gasteiger partial charge in [-0.25, -0.2) is 26.9 Å². The van der Waals surface area contributed by atoms with E-state index >= 15 is 0 Å². The molecule has 1 amide bonds. The molecule has 0 aliphatic rings. The molecule has 0 aromatic heterocycles. The highest BCUT2D eigenvalue weighted by molar-refractivity contribution is 7.89. The number of halogens is 2. The summed E-state index contributed by atoms with van der Waals surface area (Å²) in [4.78, 5) is 12.0. The predicted molar refractivity (Wildman–Crippen MR) is 88.7 cm³/mol. The zero-order valence-corrected chi connectivity index (χ0v) is 14.2. The molecule has 0 aliphatic carbocycles. The Kier molecular flexibility index (Phi) is 5.60. The third kappa shape index (κ3) is 4.46. The van der Waals surface area contributed by atoms with Crippen molar-refractivity contribution in [1.82, 2.24) is 9.73 Å². The van der Waals surface area contributed by atoms with Crippen molar-refractivity contribution in [3.8, 4) is 0 Å². The zero-order valence-electron chi connectivity index (χ0n) is 13.4. The maximum absolute atomic E-state index is 13.4. The summed E-state index contributed by atoms with van der Waals surface area (Å²) >= 11 is 0. The van der Waals surface area contributed by atoms with Gasteiger partial charge in [0.2, 0.25) is 10.0 Å². The minimum Gasteiger partial charge on any atom is -0.267 e. The van der Waals surface area contributed by atoms with Gasteiger partial charge in [-0.05, 0) is 30.3 Å². The Morgan fingerprint density at radius 3 is 2.52 bits per heavy atom. The van der Waals surface area contributed by atoms with Gasteiger partial charge in [-0.2, -0.15) is 5.10 Å². The Hall–Kier alpha value is -2.65. The second kappa shape index (κ2) is 7.49. The highest BCUT2D eigenvalue weighted by atomic mass is 32.2. The van der Waals surface area contributed by atoms with E-state index in [9.17, 15) is 22.0 Å². The third-order valence-corrected chi connectivity index (χ3v) is 5.02. The van der Waals surface area contributed by atoms with Crippen LogP contribution in [0.2, 0.25) is 0 Å². The van der Waals surface area contributed by atoms with Crippen LogP contribution in [0.1, 0.15) is 15.9 Å². The summed E-state index contributed by atoms with van der Waals surface area (Å²) in [5.41, 5.74) is 2.22. The fourth-order valence-electron chi connectivity index (χ4n) is 1.84. The maximum Gasteiger partial charge on any atom is 0.271 e. The van der Waals surface area contributed by atoms with Gasteiger partial charge in [-0.15, -0.1) is 0 Å². The molecule has 0 spiro atoms. The summed E-state index contributed by atoms with van der Waals surface area (Å²) in [6, 6.07) is 8.33. The SMILES string of the molecule is CN(C)S(=O)(=O)c1cccc(C(=O)N/N=C\c2ccc(F)cc2F)c1. The topological polar surface area (TPSA) is 78.8 Å². The van der Waals surface area contributed by atoms with E-state index in [1.165, 1.54) is 44.4 Å². The molecule has 0 fully saturated rings. The molecular weight excluding hydrogens is 352 g/mol. The van der Waals surface area contributed by atoms with Crippen molar-refractivity contribution in [2.45, 2.75) is 4.90 Å². The molecule has 2 aromatic carbocycles. The van der Waals surface area contributed by atoms with E-state index in [2.05, 4.69) is 10.5 Å². The van der Waals surface area contributed by atoms with E-state index < -0.39 is 27.6 Å². The van der Waals surface area contributed by atoms with Crippen LogP contribution in [0.3, 0.4) is 0 Å². The van der Waals surface area contributed by atoms with Crippen LogP contribution in [0, 0.1) is 11.6 Å². The molecule has 9 heteroatoms. The van der Waals surface area contributed by atoms with Crippen molar-refractivity contribution in [3.63, 3.8) is 0 Å². The number of carbonyl (C=O) groups excluding carboxylic acids is 1. The number of sulfonamides is 1. The molecule has 1 N–H and O–H groups in total. The summed E-state index contributed by atoms with van der Waals surface area (Å²) in [6.07, 6.45) is 1.02. The molecule has 25 heavy (non-hydrogen) atoms. The van der Waals surface area contributed by atoms with E-state index in [-0.39, 0.29) is 16.0 Å². The lowest BCUT2D eigenvalue weighted by Gasteiger charge is -2.11. The number of amides is 1. The van der Waals surface area contributed by atoms with Crippen molar-refractivity contribution in [2.75, 3.05) is 14.1 Å². The molecule has 2 rings (SSSR count). The average molecular weight is 367 g/mol. The maximum atomic E-state index is 13.4. The summed E-state index contributed by atoms with van der Waals surface area (Å²) < 4.78 is 51.4. The molecule has 0 saturated heterocycles. The monoisotopic (exact) mass is 367 g/mol. The second-order valence-electron chi connectivity index (χ2n) is 5.18. The first-order valence-corrected chi connectivity index (χ1v) is 8.47. The van der Waals surface area contributed by atoms with E-state index in [1.807, 2.05) is 0 Å². The molecule has 6 nitrogen and oxygen atoms in total. The van der Waals surface area contributed by atoms with Crippen LogP contribution < -0.4 is 5.43 Å². The van der Waals surface area contributed by atoms with E-state index in [4.69, 9.17) is 0 Å². The van der Waals surface area contributed by atoms with Crippen LogP contribution >= 0.6 is 0 Å². The number of hydrazone groups is 1. The van der Waals surface area contributed by atoms with Crippen LogP contribution in [0.25, 0.3) is 0 Å². The normalized spacial score (nSPS) is 11.9. The number of carbonyl (C=O) groups is 1. The lowest BCUT2D eigenvalue weighted by Crippen LogP contribution is -2.23. The molecule has 0 aliphatic heterocycles. The first kappa shape index (κ1) is 18.7. The van der Waals surface area contributed by atoms with Gasteiger partial charge in [0.05, 0.1) is 11.1 Å². The molecule has 0 heterocycles. The Labute approximate surface area is 143 Å². The van der Waals surface area contributed by atoms with Crippen molar-refractivity contribution in [1.29, 1.82) is 0 Å². The van der Waals surface area contributed by atoms with Crippen molar-refractivity contribution in [3.05, 3.63) is 65.2 Å². The average Bonchev–Trinajstić information content (AvgIpc) is 2.56. The predicted octanol–water partition coefficient (Wildman–Crippen LogP) is 1.98. The number of nitrogens with one attached hydrogen (secondary N) is 1. The Morgan fingerprint density at radius 2 is 1.88 bits per heavy atom. The minimum absolute atomic E-state index is 0.00867. The van der Waals surface area contributed by atoms with Crippen LogP contribution in [-0.2, 0) is 10.0 Å². The van der Waals surface area contributed by atoms with Gasteiger partial charge in [-0.1, -0.05) is 6.07 Å². The zero-order chi connectivity index (χ0) is 18.6. The van der Waals surface area contributed by atoms with Gasteiger partial charge < -0.3 is 0 Å². The van der Waals surface area contributed by atoms with Crippen LogP contribution in [0.5, 0.6) is 0 Å². The standard InChI is InChI=1S/C16H15F2N3O3S/c1-21(2)25(23,24)14-5-3-4-11(8-14)16(22)20-19-10-12-6-7-13(17)9-15(12)18/h3-10H,1-2H3,(H,20,22)/b19-10-. The van der Waals surface area contributed by atoms with Gasteiger partial charge in [0.15, 0.2) is 0 Å². The largest absolute Gasteiger partial charge is 0.271 e. The fraction of sp³-hybridized carbons (Fsp3) is 0.125. The molecule has 0 unspecified atom stereocenters. The van der Waals surface area contributed by atoms with Crippen molar-refractivity contribution in [2.24, 2.45) is 5.10 Å². The van der Waals surface area contributed by atoms with Crippen molar-refractivity contribution >= 4 is 22.1 Å². The van der Waals surface area contributed by atoms with E-state index in [0.29, 0.717) is 6.07 Å². The number of benzene rings is 2. The van der Waals surface area contributed by atoms with Crippen LogP contribution in [-0.4, -0.2) is 38.9 Å². The molecule has 0 bridgehead atoms. The van der Waals surface area contributed by atoms with Gasteiger partial charge in [-0.3, -0.25) is 4.79 Å². The van der Waals surface area contributed by atoms with E-state index in [0.717, 1.165) is 16.6 Å². The molecule has 132 valence electrons. The Bertz CT molecular complexity index is 928. The molecular formula is C16H15F2N3O3S. The molecule has 0 atom stereocenters. The number of rotatable bonds is 5. The lowest BCUT2D eigenvalue weighted by molar-refractivity contribution is 0.0955. The first-order chi connectivity index (χ1) is 11.7. The second-order valence-corrected chi connectivity index (χ2v) is 7.33. The van der Waals surface area contributed by atoms with Crippen LogP contribution in [0.4, 0.5) is 8.78 Å². The summed E-state index contributed by atoms with van der Waals surface area (Å²) in [5, 5.41) is 3.59. The summed E-state index contributed by atoms with van der Waals surface area (Å²) in [5.74, 6) is -2.22. The van der Waals surface area contributed by atoms with Gasteiger partial charge in [0.25, 0.3) is 5.91 Å². The molecule has 2 aromatic rings. The Balaban J connectivity index is 2.15. The molecule has 0 saturated carbocycles. The van der Waals surface area contributed by atoms with Gasteiger partial charge >= 0.3 is 0 Å². The minimum atomic E-state index is -3.68. The van der Waals surface area contributed by atoms with Gasteiger partial charge in [0.1, 0.15) is 11.6 Å². The Morgan fingerprint density at radius 1 is 1.16 bits per heavy atom. The highest BCUT2D eigenvalue weighted by Crippen LogP contribution is 2.15. The van der Waals surface area contributed by atoms with Crippen molar-refractivity contribution < 1.29 is 22.0 Å². The fourth-order valence-corrected chi connectivity index (χ4v) is 2.79. The number of nitrogens with zero attached hydrogens (tertiary/aromatic N) is 2. The molecule has 0 radical (unpaired) electrons. The smallest absolute Gasteiger partial charge is 0.267 e. The van der Waals surface area contributed by atoms with Crippen LogP contribution in [0.15, 0.2) is 52.5 Å². The summed E-state index contributed by atoms with van der Waals surface area (Å²) in [7, 11) is -0.919. The van der Waals surface area contributed by atoms with Gasteiger partial charge in [0, 0.05) is 31.3 Å². The summed E-state index contributed by atoms with van der Waals surface area (Å²) in [6.45, 7) is 0. The third-order valence-electron chi connectivity index (χ3n) is 3.21. The quantitative estimate of drug-likeness (QED) is 0.648. The number of hydrogen-bond acceptors (Lipinski definition) is 4.